The molecule has 2 aliphatic heterocycles. The maximum Gasteiger partial charge on any atom is 0.222 e. The quantitative estimate of drug-likeness (QED) is 0.496. The predicted molar refractivity (Wildman–Crippen MR) is 116 cm³/mol. The molecule has 162 valence electrons. The molecular formula is C24H44N2O2. The lowest BCUT2D eigenvalue weighted by Crippen LogP contribution is -2.49. The number of carbonyl (C=O) groups excluding carboxylic acids is 2. The van der Waals surface area contributed by atoms with E-state index in [1.165, 1.54) is 25.7 Å². The highest BCUT2D eigenvalue weighted by molar-refractivity contribution is 5.82. The van der Waals surface area contributed by atoms with Gasteiger partial charge in [0.25, 0.3) is 0 Å². The van der Waals surface area contributed by atoms with Gasteiger partial charge in [-0.05, 0) is 51.1 Å². The van der Waals surface area contributed by atoms with Crippen molar-refractivity contribution in [3.63, 3.8) is 0 Å². The molecule has 1 unspecified atom stereocenters. The Labute approximate surface area is 173 Å². The van der Waals surface area contributed by atoms with E-state index in [-0.39, 0.29) is 11.8 Å². The van der Waals surface area contributed by atoms with Crippen molar-refractivity contribution in [2.75, 3.05) is 26.2 Å². The fourth-order valence-corrected chi connectivity index (χ4v) is 4.81. The molecule has 0 radical (unpaired) electrons. The lowest BCUT2D eigenvalue weighted by molar-refractivity contribution is -0.133. The first-order valence-electron chi connectivity index (χ1n) is 12.0. The van der Waals surface area contributed by atoms with Crippen LogP contribution in [0.2, 0.25) is 0 Å². The van der Waals surface area contributed by atoms with Crippen molar-refractivity contribution < 1.29 is 9.59 Å². The van der Waals surface area contributed by atoms with E-state index in [9.17, 15) is 9.59 Å². The zero-order valence-electron chi connectivity index (χ0n) is 18.9. The van der Waals surface area contributed by atoms with E-state index in [0.717, 1.165) is 70.6 Å². The third kappa shape index (κ3) is 7.17. The Morgan fingerprint density at radius 2 is 1.54 bits per heavy atom. The lowest BCUT2D eigenvalue weighted by atomic mass is 9.86. The molecule has 2 fully saturated rings. The second kappa shape index (κ2) is 11.9. The minimum atomic E-state index is 0.167. The van der Waals surface area contributed by atoms with Crippen molar-refractivity contribution in [3.8, 4) is 0 Å². The summed E-state index contributed by atoms with van der Waals surface area (Å²) in [6.45, 7) is 12.6. The van der Waals surface area contributed by atoms with Gasteiger partial charge in [-0.25, -0.2) is 0 Å². The number of rotatable bonds is 10. The van der Waals surface area contributed by atoms with Gasteiger partial charge in [0, 0.05) is 37.4 Å². The Bertz CT molecular complexity index is 475. The number of hydrogen-bond acceptors (Lipinski definition) is 3. The molecule has 2 rings (SSSR count). The largest absolute Gasteiger partial charge is 0.343 e. The summed E-state index contributed by atoms with van der Waals surface area (Å²) >= 11 is 0. The van der Waals surface area contributed by atoms with Gasteiger partial charge >= 0.3 is 0 Å². The summed E-state index contributed by atoms with van der Waals surface area (Å²) in [5, 5.41) is 0. The van der Waals surface area contributed by atoms with E-state index >= 15 is 0 Å². The van der Waals surface area contributed by atoms with Crippen LogP contribution in [0.4, 0.5) is 0 Å². The number of piperidine rings is 2. The molecule has 1 atom stereocenters. The van der Waals surface area contributed by atoms with Crippen LogP contribution in [0.1, 0.15) is 91.9 Å². The Hall–Kier alpha value is -0.900. The van der Waals surface area contributed by atoms with Crippen LogP contribution in [0, 0.1) is 17.8 Å². The SMILES string of the molecule is CCC(C)CCCCCC(=O)N1CCC(N2CCC(C(=O)C(C)C)CC2)CC1. The maximum atomic E-state index is 12.5. The number of hydrogen-bond donors (Lipinski definition) is 0. The number of amides is 1. The van der Waals surface area contributed by atoms with Gasteiger partial charge in [0.05, 0.1) is 0 Å². The van der Waals surface area contributed by atoms with Crippen LogP contribution in [0.25, 0.3) is 0 Å². The summed E-state index contributed by atoms with van der Waals surface area (Å²) < 4.78 is 0. The monoisotopic (exact) mass is 392 g/mol. The number of unbranched alkanes of at least 4 members (excludes halogenated alkanes) is 2. The van der Waals surface area contributed by atoms with Gasteiger partial charge in [0.1, 0.15) is 5.78 Å². The second-order valence-electron chi connectivity index (χ2n) is 9.59. The molecule has 2 saturated heterocycles. The third-order valence-corrected chi connectivity index (χ3v) is 7.12. The van der Waals surface area contributed by atoms with Crippen LogP contribution >= 0.6 is 0 Å². The molecule has 0 saturated carbocycles. The molecule has 0 spiro atoms. The summed E-state index contributed by atoms with van der Waals surface area (Å²) in [7, 11) is 0. The van der Waals surface area contributed by atoms with Crippen molar-refractivity contribution in [1.82, 2.24) is 9.80 Å². The third-order valence-electron chi connectivity index (χ3n) is 7.12. The minimum absolute atomic E-state index is 0.167. The molecule has 1 amide bonds. The maximum absolute atomic E-state index is 12.5. The van der Waals surface area contributed by atoms with Gasteiger partial charge in [-0.2, -0.15) is 0 Å². The molecular weight excluding hydrogens is 348 g/mol. The van der Waals surface area contributed by atoms with Crippen molar-refractivity contribution in [2.45, 2.75) is 97.9 Å². The number of likely N-dealkylation sites (tertiary alicyclic amines) is 2. The average molecular weight is 393 g/mol. The summed E-state index contributed by atoms with van der Waals surface area (Å²) in [4.78, 5) is 29.4. The highest BCUT2D eigenvalue weighted by Crippen LogP contribution is 2.26. The van der Waals surface area contributed by atoms with Gasteiger partial charge in [0.15, 0.2) is 0 Å². The molecule has 0 aromatic heterocycles. The summed E-state index contributed by atoms with van der Waals surface area (Å²) in [6, 6.07) is 0.606. The first-order chi connectivity index (χ1) is 13.4. The van der Waals surface area contributed by atoms with Crippen LogP contribution in [0.3, 0.4) is 0 Å². The van der Waals surface area contributed by atoms with Gasteiger partial charge in [-0.3, -0.25) is 9.59 Å². The van der Waals surface area contributed by atoms with E-state index in [1.807, 2.05) is 13.8 Å². The topological polar surface area (TPSA) is 40.6 Å². The molecule has 0 bridgehead atoms. The van der Waals surface area contributed by atoms with Crippen molar-refractivity contribution in [1.29, 1.82) is 0 Å². The Kier molecular flexibility index (Phi) is 9.98. The second-order valence-corrected chi connectivity index (χ2v) is 9.59. The number of nitrogens with zero attached hydrogens (tertiary/aromatic N) is 2. The Morgan fingerprint density at radius 3 is 2.11 bits per heavy atom. The van der Waals surface area contributed by atoms with Crippen LogP contribution in [-0.2, 0) is 9.59 Å². The first-order valence-corrected chi connectivity index (χ1v) is 12.0. The van der Waals surface area contributed by atoms with Crippen molar-refractivity contribution in [2.24, 2.45) is 17.8 Å². The average Bonchev–Trinajstić information content (AvgIpc) is 2.72. The normalized spacial score (nSPS) is 21.2. The molecule has 0 aromatic carbocycles. The van der Waals surface area contributed by atoms with Crippen LogP contribution < -0.4 is 0 Å². The van der Waals surface area contributed by atoms with Gasteiger partial charge < -0.3 is 9.80 Å². The van der Waals surface area contributed by atoms with E-state index in [4.69, 9.17) is 0 Å². The zero-order valence-corrected chi connectivity index (χ0v) is 18.9. The standard InChI is InChI=1S/C24H44N2O2/c1-5-20(4)9-7-6-8-10-23(27)26-17-13-22(14-18-26)25-15-11-21(12-16-25)24(28)19(2)3/h19-22H,5-18H2,1-4H3. The summed E-state index contributed by atoms with van der Waals surface area (Å²) in [5.74, 6) is 2.08. The molecule has 2 aliphatic rings. The molecule has 2 heterocycles. The lowest BCUT2D eigenvalue weighted by Gasteiger charge is -2.41. The van der Waals surface area contributed by atoms with E-state index in [0.29, 0.717) is 17.7 Å². The number of Topliss-reactive ketones (excluding diaryl/α,β-unsaturated/α-hetero) is 1. The number of ketones is 1. The summed E-state index contributed by atoms with van der Waals surface area (Å²) in [5.41, 5.74) is 0. The van der Waals surface area contributed by atoms with Gasteiger partial charge in [-0.15, -0.1) is 0 Å². The van der Waals surface area contributed by atoms with Crippen LogP contribution in [0.5, 0.6) is 0 Å². The molecule has 0 N–H and O–H groups in total. The fraction of sp³-hybridized carbons (Fsp3) is 0.917. The van der Waals surface area contributed by atoms with Crippen molar-refractivity contribution in [3.05, 3.63) is 0 Å². The minimum Gasteiger partial charge on any atom is -0.343 e. The molecule has 4 heteroatoms. The molecule has 0 aliphatic carbocycles. The van der Waals surface area contributed by atoms with Gasteiger partial charge in [0.2, 0.25) is 5.91 Å². The molecule has 4 nitrogen and oxygen atoms in total. The van der Waals surface area contributed by atoms with E-state index < -0.39 is 0 Å². The molecule has 28 heavy (non-hydrogen) atoms. The van der Waals surface area contributed by atoms with Crippen LogP contribution in [-0.4, -0.2) is 53.7 Å². The fourth-order valence-electron chi connectivity index (χ4n) is 4.81. The summed E-state index contributed by atoms with van der Waals surface area (Å²) in [6.07, 6.45) is 11.0. The van der Waals surface area contributed by atoms with Gasteiger partial charge in [-0.1, -0.05) is 53.4 Å². The Morgan fingerprint density at radius 1 is 0.893 bits per heavy atom. The Balaban J connectivity index is 1.61. The first kappa shape index (κ1) is 23.4. The predicted octanol–water partition coefficient (Wildman–Crippen LogP) is 4.91. The van der Waals surface area contributed by atoms with E-state index in [1.54, 1.807) is 0 Å². The smallest absolute Gasteiger partial charge is 0.222 e. The van der Waals surface area contributed by atoms with E-state index in [2.05, 4.69) is 23.6 Å². The number of carbonyl (C=O) groups is 2. The highest BCUT2D eigenvalue weighted by atomic mass is 16.2. The van der Waals surface area contributed by atoms with Crippen LogP contribution in [0.15, 0.2) is 0 Å². The van der Waals surface area contributed by atoms with Crippen molar-refractivity contribution >= 4 is 11.7 Å². The zero-order chi connectivity index (χ0) is 20.5. The highest BCUT2D eigenvalue weighted by Gasteiger charge is 2.31. The molecule has 0 aromatic rings.